The van der Waals surface area contributed by atoms with Crippen molar-refractivity contribution < 1.29 is 14.6 Å². The molecule has 0 spiro atoms. The molecule has 1 aliphatic heterocycles. The molecular weight excluding hydrogens is 156 g/mol. The van der Waals surface area contributed by atoms with Gasteiger partial charge in [0, 0.05) is 0 Å². The Morgan fingerprint density at radius 2 is 2.00 bits per heavy atom. The van der Waals surface area contributed by atoms with Crippen LogP contribution in [0.25, 0.3) is 0 Å². The van der Waals surface area contributed by atoms with Crippen molar-refractivity contribution >= 4 is 0 Å². The lowest BCUT2D eigenvalue weighted by atomic mass is 10.1. The van der Waals surface area contributed by atoms with Crippen LogP contribution in [0, 0.1) is 0 Å². The molecule has 1 N–H and O–H groups in total. The third-order valence-electron chi connectivity index (χ3n) is 1.84. The fraction of sp³-hybridized carbons (Fsp3) is 0.333. The van der Waals surface area contributed by atoms with Gasteiger partial charge < -0.3 is 14.6 Å². The second kappa shape index (κ2) is 3.23. The quantitative estimate of drug-likeness (QED) is 0.677. The maximum absolute atomic E-state index is 8.92. The van der Waals surface area contributed by atoms with E-state index in [1.54, 1.807) is 0 Å². The third kappa shape index (κ3) is 1.48. The lowest BCUT2D eigenvalue weighted by Gasteiger charge is -2.06. The van der Waals surface area contributed by atoms with E-state index in [9.17, 15) is 0 Å². The smallest absolute Gasteiger partial charge is 0.269 e. The van der Waals surface area contributed by atoms with Crippen molar-refractivity contribution in [2.24, 2.45) is 0 Å². The van der Waals surface area contributed by atoms with Crippen molar-refractivity contribution in [1.82, 2.24) is 0 Å². The number of aliphatic hydroxyl groups excluding tert-OH is 1. The van der Waals surface area contributed by atoms with Crippen molar-refractivity contribution in [1.29, 1.82) is 0 Å². The highest BCUT2D eigenvalue weighted by Gasteiger charge is 2.24. The van der Waals surface area contributed by atoms with Crippen molar-refractivity contribution in [3.8, 4) is 0 Å². The molecule has 64 valence electrons. The van der Waals surface area contributed by atoms with Crippen LogP contribution in [0.3, 0.4) is 0 Å². The van der Waals surface area contributed by atoms with Gasteiger partial charge in [0.05, 0.1) is 6.61 Å². The first-order valence-electron chi connectivity index (χ1n) is 3.86. The average molecular weight is 166 g/mol. The first-order valence-corrected chi connectivity index (χ1v) is 3.86. The van der Waals surface area contributed by atoms with E-state index in [2.05, 4.69) is 0 Å². The lowest BCUT2D eigenvalue weighted by molar-refractivity contribution is -0.204. The first kappa shape index (κ1) is 7.73. The van der Waals surface area contributed by atoms with Crippen LogP contribution in [0.1, 0.15) is 11.7 Å². The Morgan fingerprint density at radius 1 is 1.25 bits per heavy atom. The minimum Gasteiger partial charge on any atom is -0.346 e. The number of benzene rings is 1. The van der Waals surface area contributed by atoms with E-state index < -0.39 is 6.48 Å². The standard InChI is InChI=1S/C9H10O3/c10-9-11-6-8(12-9)7-4-2-1-3-5-7/h1-5,8-10H,6H2. The fourth-order valence-electron chi connectivity index (χ4n) is 1.23. The summed E-state index contributed by atoms with van der Waals surface area (Å²) in [6, 6.07) is 9.71. The summed E-state index contributed by atoms with van der Waals surface area (Å²) < 4.78 is 9.93. The van der Waals surface area contributed by atoms with Crippen LogP contribution in [0.4, 0.5) is 0 Å². The van der Waals surface area contributed by atoms with Gasteiger partial charge in [0.1, 0.15) is 6.10 Å². The zero-order valence-corrected chi connectivity index (χ0v) is 6.51. The topological polar surface area (TPSA) is 38.7 Å². The fourth-order valence-corrected chi connectivity index (χ4v) is 1.23. The molecule has 12 heavy (non-hydrogen) atoms. The Hall–Kier alpha value is -0.900. The lowest BCUT2D eigenvalue weighted by Crippen LogP contribution is -2.05. The Kier molecular flexibility index (Phi) is 2.08. The van der Waals surface area contributed by atoms with Gasteiger partial charge in [-0.25, -0.2) is 0 Å². The summed E-state index contributed by atoms with van der Waals surface area (Å²) in [5.74, 6) is 0. The summed E-state index contributed by atoms with van der Waals surface area (Å²) in [5, 5.41) is 8.92. The summed E-state index contributed by atoms with van der Waals surface area (Å²) in [7, 11) is 0. The molecule has 2 rings (SSSR count). The molecule has 3 nitrogen and oxygen atoms in total. The maximum Gasteiger partial charge on any atom is 0.269 e. The van der Waals surface area contributed by atoms with E-state index in [0.29, 0.717) is 6.61 Å². The van der Waals surface area contributed by atoms with Gasteiger partial charge in [0.25, 0.3) is 6.48 Å². The molecule has 0 radical (unpaired) electrons. The number of ether oxygens (including phenoxy) is 2. The Labute approximate surface area is 70.5 Å². The number of rotatable bonds is 1. The molecule has 1 aliphatic rings. The molecule has 2 atom stereocenters. The Bertz CT molecular complexity index is 247. The highest BCUT2D eigenvalue weighted by Crippen LogP contribution is 2.24. The SMILES string of the molecule is OC1OCC(c2ccccc2)O1. The second-order valence-electron chi connectivity index (χ2n) is 2.68. The van der Waals surface area contributed by atoms with Gasteiger partial charge >= 0.3 is 0 Å². The zero-order chi connectivity index (χ0) is 8.39. The number of aliphatic hydroxyl groups is 1. The van der Waals surface area contributed by atoms with Gasteiger partial charge in [-0.1, -0.05) is 30.3 Å². The van der Waals surface area contributed by atoms with E-state index in [4.69, 9.17) is 14.6 Å². The normalized spacial score (nSPS) is 29.1. The van der Waals surface area contributed by atoms with Crippen LogP contribution >= 0.6 is 0 Å². The molecule has 0 aliphatic carbocycles. The third-order valence-corrected chi connectivity index (χ3v) is 1.84. The summed E-state index contributed by atoms with van der Waals surface area (Å²) in [6.07, 6.45) is -0.124. The molecule has 3 heteroatoms. The largest absolute Gasteiger partial charge is 0.346 e. The van der Waals surface area contributed by atoms with E-state index in [1.165, 1.54) is 0 Å². The van der Waals surface area contributed by atoms with Crippen LogP contribution < -0.4 is 0 Å². The first-order chi connectivity index (χ1) is 5.86. The van der Waals surface area contributed by atoms with Gasteiger partial charge in [-0.05, 0) is 5.56 Å². The number of hydrogen-bond donors (Lipinski definition) is 1. The van der Waals surface area contributed by atoms with Gasteiger partial charge in [-0.3, -0.25) is 0 Å². The van der Waals surface area contributed by atoms with Crippen LogP contribution in [0.15, 0.2) is 30.3 Å². The van der Waals surface area contributed by atoms with Crippen molar-refractivity contribution in [3.63, 3.8) is 0 Å². The molecule has 1 aromatic carbocycles. The van der Waals surface area contributed by atoms with Crippen molar-refractivity contribution in [3.05, 3.63) is 35.9 Å². The van der Waals surface area contributed by atoms with Crippen LogP contribution in [0.5, 0.6) is 0 Å². The molecule has 0 amide bonds. The molecule has 0 aromatic heterocycles. The zero-order valence-electron chi connectivity index (χ0n) is 6.51. The minimum absolute atomic E-state index is 0.124. The molecule has 1 fully saturated rings. The van der Waals surface area contributed by atoms with Crippen LogP contribution in [-0.2, 0) is 9.47 Å². The van der Waals surface area contributed by atoms with Crippen LogP contribution in [-0.4, -0.2) is 18.2 Å². The van der Waals surface area contributed by atoms with Crippen molar-refractivity contribution in [2.75, 3.05) is 6.61 Å². The number of hydrogen-bond acceptors (Lipinski definition) is 3. The molecule has 0 bridgehead atoms. The van der Waals surface area contributed by atoms with Gasteiger partial charge in [-0.2, -0.15) is 0 Å². The predicted molar refractivity (Wildman–Crippen MR) is 42.2 cm³/mol. The summed E-state index contributed by atoms with van der Waals surface area (Å²) in [4.78, 5) is 0. The van der Waals surface area contributed by atoms with E-state index in [1.807, 2.05) is 30.3 Å². The van der Waals surface area contributed by atoms with Gasteiger partial charge in [0.15, 0.2) is 0 Å². The highest BCUT2D eigenvalue weighted by molar-refractivity contribution is 5.17. The van der Waals surface area contributed by atoms with Crippen LogP contribution in [0.2, 0.25) is 0 Å². The second-order valence-corrected chi connectivity index (χ2v) is 2.68. The molecule has 1 saturated heterocycles. The maximum atomic E-state index is 8.92. The average Bonchev–Trinajstić information content (AvgIpc) is 2.54. The summed E-state index contributed by atoms with van der Waals surface area (Å²) in [5.41, 5.74) is 1.04. The van der Waals surface area contributed by atoms with Gasteiger partial charge in [-0.15, -0.1) is 0 Å². The predicted octanol–water partition coefficient (Wildman–Crippen LogP) is 1.05. The van der Waals surface area contributed by atoms with Gasteiger partial charge in [0.2, 0.25) is 0 Å². The monoisotopic (exact) mass is 166 g/mol. The van der Waals surface area contributed by atoms with E-state index in [0.717, 1.165) is 5.56 Å². The summed E-state index contributed by atoms with van der Waals surface area (Å²) >= 11 is 0. The molecule has 2 unspecified atom stereocenters. The molecule has 0 saturated carbocycles. The summed E-state index contributed by atoms with van der Waals surface area (Å²) in [6.45, 7) is -0.638. The highest BCUT2D eigenvalue weighted by atomic mass is 16.8. The Morgan fingerprint density at radius 3 is 2.58 bits per heavy atom. The van der Waals surface area contributed by atoms with E-state index >= 15 is 0 Å². The van der Waals surface area contributed by atoms with Crippen molar-refractivity contribution in [2.45, 2.75) is 12.6 Å². The molecule has 1 heterocycles. The molecule has 1 aromatic rings. The minimum atomic E-state index is -1.06. The van der Waals surface area contributed by atoms with E-state index in [-0.39, 0.29) is 6.10 Å². The Balaban J connectivity index is 2.11. The molecular formula is C9H10O3.